The van der Waals surface area contributed by atoms with Gasteiger partial charge in [0.15, 0.2) is 11.6 Å². The summed E-state index contributed by atoms with van der Waals surface area (Å²) < 4.78 is 24.4. The van der Waals surface area contributed by atoms with E-state index in [4.69, 9.17) is 9.47 Å². The molecule has 120 valence electrons. The van der Waals surface area contributed by atoms with Gasteiger partial charge in [0.2, 0.25) is 0 Å². The highest BCUT2D eigenvalue weighted by Crippen LogP contribution is 2.31. The Labute approximate surface area is 127 Å². The summed E-state index contributed by atoms with van der Waals surface area (Å²) in [6, 6.07) is 5.34. The van der Waals surface area contributed by atoms with Crippen molar-refractivity contribution in [1.82, 2.24) is 5.32 Å². The first kappa shape index (κ1) is 17.9. The topological polar surface area (TPSA) is 30.5 Å². The molecule has 1 aromatic rings. The minimum Gasteiger partial charge on any atom is -0.494 e. The zero-order valence-corrected chi connectivity index (χ0v) is 13.8. The SMILES string of the molecule is COCCNCC(Cc1cccc(OC)c1F)C(C)(C)C. The third-order valence-corrected chi connectivity index (χ3v) is 3.83. The van der Waals surface area contributed by atoms with Gasteiger partial charge in [0.1, 0.15) is 0 Å². The van der Waals surface area contributed by atoms with Gasteiger partial charge in [-0.3, -0.25) is 0 Å². The van der Waals surface area contributed by atoms with Gasteiger partial charge in [-0.1, -0.05) is 32.9 Å². The lowest BCUT2D eigenvalue weighted by molar-refractivity contribution is 0.186. The van der Waals surface area contributed by atoms with Gasteiger partial charge in [-0.05, 0) is 35.9 Å². The monoisotopic (exact) mass is 297 g/mol. The molecule has 0 heterocycles. The number of benzene rings is 1. The minimum absolute atomic E-state index is 0.0928. The van der Waals surface area contributed by atoms with E-state index in [1.54, 1.807) is 13.2 Å². The van der Waals surface area contributed by atoms with Gasteiger partial charge < -0.3 is 14.8 Å². The van der Waals surface area contributed by atoms with Gasteiger partial charge in [-0.25, -0.2) is 4.39 Å². The van der Waals surface area contributed by atoms with Crippen molar-refractivity contribution in [3.05, 3.63) is 29.6 Å². The molecule has 0 radical (unpaired) electrons. The van der Waals surface area contributed by atoms with Crippen LogP contribution in [0.3, 0.4) is 0 Å². The van der Waals surface area contributed by atoms with E-state index < -0.39 is 0 Å². The van der Waals surface area contributed by atoms with Crippen molar-refractivity contribution < 1.29 is 13.9 Å². The van der Waals surface area contributed by atoms with Crippen molar-refractivity contribution in [2.24, 2.45) is 11.3 Å². The maximum Gasteiger partial charge on any atom is 0.168 e. The zero-order chi connectivity index (χ0) is 15.9. The average Bonchev–Trinajstić information content (AvgIpc) is 2.42. The third-order valence-electron chi connectivity index (χ3n) is 3.83. The molecule has 1 atom stereocenters. The molecule has 0 saturated heterocycles. The number of rotatable bonds is 8. The van der Waals surface area contributed by atoms with Crippen LogP contribution in [0, 0.1) is 17.2 Å². The molecule has 0 fully saturated rings. The summed E-state index contributed by atoms with van der Waals surface area (Å²) in [5.74, 6) is 0.398. The normalized spacial score (nSPS) is 13.2. The summed E-state index contributed by atoms with van der Waals surface area (Å²) in [5, 5.41) is 3.38. The first-order chi connectivity index (χ1) is 9.90. The fourth-order valence-corrected chi connectivity index (χ4v) is 2.27. The molecule has 0 aliphatic rings. The van der Waals surface area contributed by atoms with Crippen LogP contribution in [0.25, 0.3) is 0 Å². The van der Waals surface area contributed by atoms with E-state index in [-0.39, 0.29) is 11.2 Å². The smallest absolute Gasteiger partial charge is 0.168 e. The van der Waals surface area contributed by atoms with E-state index in [1.807, 2.05) is 12.1 Å². The highest BCUT2D eigenvalue weighted by atomic mass is 19.1. The Morgan fingerprint density at radius 1 is 1.24 bits per heavy atom. The standard InChI is InChI=1S/C17H28FNO2/c1-17(2,3)14(12-19-9-10-20-4)11-13-7-6-8-15(21-5)16(13)18/h6-8,14,19H,9-12H2,1-5H3. The molecule has 0 aliphatic carbocycles. The molecule has 21 heavy (non-hydrogen) atoms. The highest BCUT2D eigenvalue weighted by Gasteiger charge is 2.26. The van der Waals surface area contributed by atoms with E-state index in [2.05, 4.69) is 26.1 Å². The Kier molecular flexibility index (Phi) is 7.12. The van der Waals surface area contributed by atoms with E-state index >= 15 is 0 Å². The molecular formula is C17H28FNO2. The van der Waals surface area contributed by atoms with E-state index in [0.29, 0.717) is 30.3 Å². The van der Waals surface area contributed by atoms with Crippen molar-refractivity contribution >= 4 is 0 Å². The van der Waals surface area contributed by atoms with Gasteiger partial charge in [-0.2, -0.15) is 0 Å². The molecule has 3 nitrogen and oxygen atoms in total. The number of halogens is 1. The lowest BCUT2D eigenvalue weighted by Crippen LogP contribution is -2.35. The molecule has 0 amide bonds. The first-order valence-electron chi connectivity index (χ1n) is 7.41. The average molecular weight is 297 g/mol. The van der Waals surface area contributed by atoms with E-state index in [9.17, 15) is 4.39 Å². The van der Waals surface area contributed by atoms with Crippen LogP contribution in [0.1, 0.15) is 26.3 Å². The number of nitrogens with one attached hydrogen (secondary N) is 1. The lowest BCUT2D eigenvalue weighted by atomic mass is 9.77. The fraction of sp³-hybridized carbons (Fsp3) is 0.647. The summed E-state index contributed by atoms with van der Waals surface area (Å²) in [7, 11) is 3.18. The van der Waals surface area contributed by atoms with Crippen molar-refractivity contribution in [2.45, 2.75) is 27.2 Å². The molecular weight excluding hydrogens is 269 g/mol. The molecule has 4 heteroatoms. The van der Waals surface area contributed by atoms with Crippen LogP contribution in [-0.2, 0) is 11.2 Å². The van der Waals surface area contributed by atoms with Crippen molar-refractivity contribution in [3.8, 4) is 5.75 Å². The second-order valence-corrected chi connectivity index (χ2v) is 6.40. The highest BCUT2D eigenvalue weighted by molar-refractivity contribution is 5.31. The predicted octanol–water partition coefficient (Wildman–Crippen LogP) is 3.28. The van der Waals surface area contributed by atoms with Crippen LogP contribution in [-0.4, -0.2) is 33.9 Å². The van der Waals surface area contributed by atoms with Crippen LogP contribution in [0.2, 0.25) is 0 Å². The molecule has 1 N–H and O–H groups in total. The Bertz CT molecular complexity index is 429. The summed E-state index contributed by atoms with van der Waals surface area (Å²) in [4.78, 5) is 0. The molecule has 0 saturated carbocycles. The molecule has 0 bridgehead atoms. The number of methoxy groups -OCH3 is 2. The summed E-state index contributed by atoms with van der Waals surface area (Å²) in [6.45, 7) is 8.90. The van der Waals surface area contributed by atoms with Crippen LogP contribution in [0.4, 0.5) is 4.39 Å². The molecule has 1 rings (SSSR count). The van der Waals surface area contributed by atoms with Gasteiger partial charge in [0.05, 0.1) is 13.7 Å². The Balaban J connectivity index is 2.77. The number of hydrogen-bond acceptors (Lipinski definition) is 3. The minimum atomic E-state index is -0.244. The van der Waals surface area contributed by atoms with Gasteiger partial charge >= 0.3 is 0 Å². The van der Waals surface area contributed by atoms with Crippen molar-refractivity contribution in [1.29, 1.82) is 0 Å². The van der Waals surface area contributed by atoms with E-state index in [0.717, 1.165) is 13.1 Å². The molecule has 1 aromatic carbocycles. The first-order valence-corrected chi connectivity index (χ1v) is 7.41. The largest absolute Gasteiger partial charge is 0.494 e. The maximum absolute atomic E-state index is 14.3. The van der Waals surface area contributed by atoms with Crippen molar-refractivity contribution in [2.75, 3.05) is 33.9 Å². The number of hydrogen-bond donors (Lipinski definition) is 1. The fourth-order valence-electron chi connectivity index (χ4n) is 2.27. The van der Waals surface area contributed by atoms with E-state index in [1.165, 1.54) is 7.11 Å². The van der Waals surface area contributed by atoms with Crippen LogP contribution in [0.5, 0.6) is 5.75 Å². The van der Waals surface area contributed by atoms with Crippen LogP contribution < -0.4 is 10.1 Å². The number of ether oxygens (including phenoxy) is 2. The third kappa shape index (κ3) is 5.64. The lowest BCUT2D eigenvalue weighted by Gasteiger charge is -2.31. The summed E-state index contributed by atoms with van der Waals surface area (Å²) >= 11 is 0. The zero-order valence-electron chi connectivity index (χ0n) is 13.8. The maximum atomic E-state index is 14.3. The second kappa shape index (κ2) is 8.35. The van der Waals surface area contributed by atoms with Crippen molar-refractivity contribution in [3.63, 3.8) is 0 Å². The Morgan fingerprint density at radius 2 is 1.95 bits per heavy atom. The summed E-state index contributed by atoms with van der Waals surface area (Å²) in [5.41, 5.74) is 0.804. The van der Waals surface area contributed by atoms with Gasteiger partial charge in [-0.15, -0.1) is 0 Å². The van der Waals surface area contributed by atoms with Crippen LogP contribution >= 0.6 is 0 Å². The Hall–Kier alpha value is -1.13. The molecule has 0 aromatic heterocycles. The molecule has 1 unspecified atom stereocenters. The predicted molar refractivity (Wildman–Crippen MR) is 84.3 cm³/mol. The Morgan fingerprint density at radius 3 is 2.52 bits per heavy atom. The van der Waals surface area contributed by atoms with Crippen LogP contribution in [0.15, 0.2) is 18.2 Å². The van der Waals surface area contributed by atoms with Gasteiger partial charge in [0.25, 0.3) is 0 Å². The quantitative estimate of drug-likeness (QED) is 0.747. The summed E-state index contributed by atoms with van der Waals surface area (Å²) in [6.07, 6.45) is 0.687. The molecule has 0 spiro atoms. The molecule has 0 aliphatic heterocycles. The second-order valence-electron chi connectivity index (χ2n) is 6.40. The van der Waals surface area contributed by atoms with Gasteiger partial charge in [0, 0.05) is 13.7 Å².